The van der Waals surface area contributed by atoms with Crippen molar-refractivity contribution >= 4 is 52.2 Å². The highest BCUT2D eigenvalue weighted by Crippen LogP contribution is 2.27. The van der Waals surface area contributed by atoms with Crippen molar-refractivity contribution < 1.29 is 4.79 Å². The van der Waals surface area contributed by atoms with E-state index in [0.29, 0.717) is 20.8 Å². The van der Waals surface area contributed by atoms with E-state index in [0.717, 1.165) is 31.7 Å². The van der Waals surface area contributed by atoms with E-state index >= 15 is 0 Å². The van der Waals surface area contributed by atoms with Crippen LogP contribution in [-0.2, 0) is 4.79 Å². The molecule has 24 heavy (non-hydrogen) atoms. The summed E-state index contributed by atoms with van der Waals surface area (Å²) >= 11 is 17.7. The highest BCUT2D eigenvalue weighted by Gasteiger charge is 2.25. The van der Waals surface area contributed by atoms with E-state index in [2.05, 4.69) is 15.2 Å². The number of carbonyl (C=O) groups is 1. The average Bonchev–Trinajstić information content (AvgIpc) is 2.59. The summed E-state index contributed by atoms with van der Waals surface area (Å²) in [5.74, 6) is 0.878. The topological polar surface area (TPSA) is 45.2 Å². The number of nitrogens with zero attached hydrogens (tertiary/aromatic N) is 2. The van der Waals surface area contributed by atoms with E-state index in [-0.39, 0.29) is 11.8 Å². The molecular formula is C17H16Cl3N3O. The Bertz CT molecular complexity index is 728. The second-order valence-electron chi connectivity index (χ2n) is 5.71. The summed E-state index contributed by atoms with van der Waals surface area (Å²) in [7, 11) is 0. The maximum atomic E-state index is 12.4. The number of hydrogen-bond acceptors (Lipinski definition) is 3. The lowest BCUT2D eigenvalue weighted by Crippen LogP contribution is -2.38. The van der Waals surface area contributed by atoms with Gasteiger partial charge in [0.2, 0.25) is 5.91 Å². The minimum Gasteiger partial charge on any atom is -0.357 e. The Morgan fingerprint density at radius 3 is 2.46 bits per heavy atom. The Labute approximate surface area is 155 Å². The molecule has 1 saturated heterocycles. The van der Waals surface area contributed by atoms with Gasteiger partial charge in [-0.15, -0.1) is 0 Å². The van der Waals surface area contributed by atoms with Crippen LogP contribution >= 0.6 is 34.8 Å². The van der Waals surface area contributed by atoms with Gasteiger partial charge in [0.05, 0.1) is 15.1 Å². The van der Waals surface area contributed by atoms with Gasteiger partial charge in [-0.1, -0.05) is 34.8 Å². The number of pyridine rings is 1. The minimum atomic E-state index is -0.0250. The Balaban J connectivity index is 1.56. The highest BCUT2D eigenvalue weighted by atomic mass is 35.5. The molecule has 0 aliphatic carbocycles. The maximum Gasteiger partial charge on any atom is 0.227 e. The third-order valence-electron chi connectivity index (χ3n) is 4.09. The molecule has 3 rings (SSSR count). The molecule has 2 aromatic rings. The summed E-state index contributed by atoms with van der Waals surface area (Å²) in [5, 5.41) is 4.43. The third-order valence-corrected chi connectivity index (χ3v) is 5.05. The van der Waals surface area contributed by atoms with Gasteiger partial charge in [0.25, 0.3) is 0 Å². The highest BCUT2D eigenvalue weighted by molar-refractivity contribution is 6.42. The molecule has 1 aliphatic rings. The number of benzene rings is 1. The molecule has 7 heteroatoms. The Morgan fingerprint density at radius 1 is 1.08 bits per heavy atom. The van der Waals surface area contributed by atoms with Crippen LogP contribution in [0.15, 0.2) is 36.5 Å². The van der Waals surface area contributed by atoms with E-state index in [9.17, 15) is 4.79 Å². The zero-order valence-corrected chi connectivity index (χ0v) is 15.1. The van der Waals surface area contributed by atoms with Gasteiger partial charge in [0.1, 0.15) is 5.82 Å². The molecule has 0 saturated carbocycles. The quantitative estimate of drug-likeness (QED) is 0.819. The SMILES string of the molecule is O=C(Nc1ccc(Cl)c(Cl)c1)C1CCN(c2ccc(Cl)cn2)CC1. The predicted molar refractivity (Wildman–Crippen MR) is 99.3 cm³/mol. The lowest BCUT2D eigenvalue weighted by atomic mass is 9.96. The van der Waals surface area contributed by atoms with Crippen LogP contribution in [0.25, 0.3) is 0 Å². The summed E-state index contributed by atoms with van der Waals surface area (Å²) in [5.41, 5.74) is 0.663. The second-order valence-corrected chi connectivity index (χ2v) is 6.96. The molecule has 0 atom stereocenters. The van der Waals surface area contributed by atoms with Crippen molar-refractivity contribution in [2.75, 3.05) is 23.3 Å². The van der Waals surface area contributed by atoms with Gasteiger partial charge >= 0.3 is 0 Å². The number of amides is 1. The Morgan fingerprint density at radius 2 is 1.83 bits per heavy atom. The summed E-state index contributed by atoms with van der Waals surface area (Å²) in [6.45, 7) is 1.57. The summed E-state index contributed by atoms with van der Waals surface area (Å²) in [4.78, 5) is 18.9. The molecule has 0 bridgehead atoms. The van der Waals surface area contributed by atoms with Gasteiger partial charge in [0, 0.05) is 30.9 Å². The first-order chi connectivity index (χ1) is 11.5. The van der Waals surface area contributed by atoms with Gasteiger partial charge in [-0.25, -0.2) is 4.98 Å². The zero-order valence-electron chi connectivity index (χ0n) is 12.8. The van der Waals surface area contributed by atoms with E-state index in [4.69, 9.17) is 34.8 Å². The van der Waals surface area contributed by atoms with Crippen LogP contribution in [0.5, 0.6) is 0 Å². The number of aromatic nitrogens is 1. The zero-order chi connectivity index (χ0) is 17.1. The number of piperidine rings is 1. The van der Waals surface area contributed by atoms with Gasteiger partial charge in [-0.05, 0) is 43.2 Å². The summed E-state index contributed by atoms with van der Waals surface area (Å²) < 4.78 is 0. The van der Waals surface area contributed by atoms with Crippen molar-refractivity contribution in [1.29, 1.82) is 0 Å². The molecule has 1 aromatic carbocycles. The molecular weight excluding hydrogens is 369 g/mol. The Hall–Kier alpha value is -1.49. The molecule has 126 valence electrons. The summed E-state index contributed by atoms with van der Waals surface area (Å²) in [6.07, 6.45) is 3.19. The molecule has 1 N–H and O–H groups in total. The van der Waals surface area contributed by atoms with Crippen LogP contribution in [-0.4, -0.2) is 24.0 Å². The lowest BCUT2D eigenvalue weighted by Gasteiger charge is -2.32. The van der Waals surface area contributed by atoms with Crippen LogP contribution in [0.3, 0.4) is 0 Å². The van der Waals surface area contributed by atoms with E-state index in [1.165, 1.54) is 0 Å². The number of halogens is 3. The van der Waals surface area contributed by atoms with Gasteiger partial charge in [0.15, 0.2) is 0 Å². The smallest absolute Gasteiger partial charge is 0.227 e. The molecule has 0 unspecified atom stereocenters. The van der Waals surface area contributed by atoms with Crippen LogP contribution in [0, 0.1) is 5.92 Å². The first-order valence-electron chi connectivity index (χ1n) is 7.65. The molecule has 1 aliphatic heterocycles. The van der Waals surface area contributed by atoms with Crippen LogP contribution in [0.1, 0.15) is 12.8 Å². The second kappa shape index (κ2) is 7.60. The molecule has 0 spiro atoms. The van der Waals surface area contributed by atoms with Crippen molar-refractivity contribution in [1.82, 2.24) is 4.98 Å². The fraction of sp³-hybridized carbons (Fsp3) is 0.294. The van der Waals surface area contributed by atoms with Crippen LogP contribution in [0.2, 0.25) is 15.1 Å². The predicted octanol–water partition coefficient (Wildman–Crippen LogP) is 4.90. The number of carbonyl (C=O) groups excluding carboxylic acids is 1. The molecule has 1 aromatic heterocycles. The Kier molecular flexibility index (Phi) is 5.49. The molecule has 2 heterocycles. The van der Waals surface area contributed by atoms with Crippen molar-refractivity contribution in [2.24, 2.45) is 5.92 Å². The normalized spacial score (nSPS) is 15.4. The fourth-order valence-electron chi connectivity index (χ4n) is 2.74. The first kappa shape index (κ1) is 17.3. The molecule has 0 radical (unpaired) electrons. The van der Waals surface area contributed by atoms with Crippen molar-refractivity contribution in [2.45, 2.75) is 12.8 Å². The van der Waals surface area contributed by atoms with Crippen molar-refractivity contribution in [3.63, 3.8) is 0 Å². The monoisotopic (exact) mass is 383 g/mol. The van der Waals surface area contributed by atoms with Crippen LogP contribution in [0.4, 0.5) is 11.5 Å². The van der Waals surface area contributed by atoms with Gasteiger partial charge in [-0.2, -0.15) is 0 Å². The first-order valence-corrected chi connectivity index (χ1v) is 8.79. The van der Waals surface area contributed by atoms with Gasteiger partial charge < -0.3 is 10.2 Å². The average molecular weight is 385 g/mol. The molecule has 4 nitrogen and oxygen atoms in total. The summed E-state index contributed by atoms with van der Waals surface area (Å²) in [6, 6.07) is 8.81. The maximum absolute atomic E-state index is 12.4. The van der Waals surface area contributed by atoms with Crippen molar-refractivity contribution in [3.05, 3.63) is 51.6 Å². The largest absolute Gasteiger partial charge is 0.357 e. The number of hydrogen-bond donors (Lipinski definition) is 1. The molecule has 1 fully saturated rings. The number of anilines is 2. The third kappa shape index (κ3) is 4.12. The standard InChI is InChI=1S/C17H16Cl3N3O/c18-12-1-4-16(21-10-12)23-7-5-11(6-8-23)17(24)22-13-2-3-14(19)15(20)9-13/h1-4,9-11H,5-8H2,(H,22,24). The van der Waals surface area contributed by atoms with E-state index < -0.39 is 0 Å². The van der Waals surface area contributed by atoms with Gasteiger partial charge in [-0.3, -0.25) is 4.79 Å². The van der Waals surface area contributed by atoms with Crippen molar-refractivity contribution in [3.8, 4) is 0 Å². The van der Waals surface area contributed by atoms with E-state index in [1.54, 1.807) is 24.4 Å². The lowest BCUT2D eigenvalue weighted by molar-refractivity contribution is -0.120. The number of nitrogens with one attached hydrogen (secondary N) is 1. The van der Waals surface area contributed by atoms with Crippen LogP contribution < -0.4 is 10.2 Å². The minimum absolute atomic E-state index is 0.0112. The fourth-order valence-corrected chi connectivity index (χ4v) is 3.15. The molecule has 1 amide bonds. The number of rotatable bonds is 3. The van der Waals surface area contributed by atoms with E-state index in [1.807, 2.05) is 12.1 Å².